The lowest BCUT2D eigenvalue weighted by Gasteiger charge is -2.21. The summed E-state index contributed by atoms with van der Waals surface area (Å²) in [4.78, 5) is 14.4. The molecule has 0 bridgehead atoms. The molecular weight excluding hydrogens is 262 g/mol. The number of ketones is 1. The van der Waals surface area contributed by atoms with E-state index < -0.39 is 0 Å². The summed E-state index contributed by atoms with van der Waals surface area (Å²) in [7, 11) is 1.56. The summed E-state index contributed by atoms with van der Waals surface area (Å²) < 4.78 is 5.08. The van der Waals surface area contributed by atoms with Crippen molar-refractivity contribution in [2.24, 2.45) is 5.92 Å². The molecule has 1 aromatic carbocycles. The van der Waals surface area contributed by atoms with E-state index in [9.17, 15) is 4.79 Å². The minimum absolute atomic E-state index is 0.0899. The Labute approximate surface area is 120 Å². The van der Waals surface area contributed by atoms with E-state index in [0.717, 1.165) is 13.1 Å². The predicted molar refractivity (Wildman–Crippen MR) is 79.3 cm³/mol. The number of benzene rings is 1. The van der Waals surface area contributed by atoms with Crippen LogP contribution in [0.4, 0.5) is 0 Å². The summed E-state index contributed by atoms with van der Waals surface area (Å²) in [6.45, 7) is 8.59. The Morgan fingerprint density at radius 1 is 1.42 bits per heavy atom. The highest BCUT2D eigenvalue weighted by molar-refractivity contribution is 6.32. The van der Waals surface area contributed by atoms with E-state index in [1.165, 1.54) is 0 Å². The second-order valence-corrected chi connectivity index (χ2v) is 5.40. The van der Waals surface area contributed by atoms with Crippen molar-refractivity contribution in [1.82, 2.24) is 4.90 Å². The Bertz CT molecular complexity index is 432. The number of nitrogens with zero attached hydrogens (tertiary/aromatic N) is 1. The molecule has 0 atom stereocenters. The summed E-state index contributed by atoms with van der Waals surface area (Å²) in [5, 5.41) is 0.472. The van der Waals surface area contributed by atoms with Gasteiger partial charge in [-0.05, 0) is 30.7 Å². The van der Waals surface area contributed by atoms with Crippen LogP contribution in [0.1, 0.15) is 31.1 Å². The van der Waals surface area contributed by atoms with Crippen LogP contribution in [-0.2, 0) is 0 Å². The van der Waals surface area contributed by atoms with Crippen LogP contribution in [0, 0.1) is 5.92 Å². The van der Waals surface area contributed by atoms with Crippen LogP contribution in [0.25, 0.3) is 0 Å². The number of rotatable bonds is 7. The molecule has 3 nitrogen and oxygen atoms in total. The Hall–Kier alpha value is -1.06. The first-order valence-corrected chi connectivity index (χ1v) is 6.94. The molecular formula is C15H22ClNO2. The molecule has 106 valence electrons. The highest BCUT2D eigenvalue weighted by atomic mass is 35.5. The predicted octanol–water partition coefficient (Wildman–Crippen LogP) is 3.51. The van der Waals surface area contributed by atoms with Gasteiger partial charge in [0.05, 0.1) is 18.7 Å². The number of likely N-dealkylation sites (N-methyl/N-ethyl adjacent to an activating group) is 1. The molecule has 19 heavy (non-hydrogen) atoms. The van der Waals surface area contributed by atoms with Crippen molar-refractivity contribution in [3.63, 3.8) is 0 Å². The van der Waals surface area contributed by atoms with Gasteiger partial charge in [-0.2, -0.15) is 0 Å². The quantitative estimate of drug-likeness (QED) is 0.717. The first kappa shape index (κ1) is 16.0. The molecule has 0 saturated carbocycles. The third kappa shape index (κ3) is 4.84. The molecule has 1 aromatic rings. The monoisotopic (exact) mass is 283 g/mol. The minimum atomic E-state index is 0.0899. The number of hydrogen-bond donors (Lipinski definition) is 0. The van der Waals surface area contributed by atoms with Gasteiger partial charge in [0.25, 0.3) is 0 Å². The zero-order chi connectivity index (χ0) is 14.4. The van der Waals surface area contributed by atoms with Crippen molar-refractivity contribution >= 4 is 17.4 Å². The van der Waals surface area contributed by atoms with Gasteiger partial charge in [0.2, 0.25) is 0 Å². The van der Waals surface area contributed by atoms with Gasteiger partial charge in [-0.25, -0.2) is 0 Å². The van der Waals surface area contributed by atoms with Crippen molar-refractivity contribution in [2.75, 3.05) is 26.7 Å². The Balaban J connectivity index is 2.74. The van der Waals surface area contributed by atoms with Crippen LogP contribution in [0.3, 0.4) is 0 Å². The molecule has 0 amide bonds. The molecule has 4 heteroatoms. The number of carbonyl (C=O) groups excluding carboxylic acids is 1. The average molecular weight is 284 g/mol. The van der Waals surface area contributed by atoms with E-state index in [-0.39, 0.29) is 5.78 Å². The van der Waals surface area contributed by atoms with Crippen LogP contribution >= 0.6 is 11.6 Å². The lowest BCUT2D eigenvalue weighted by Crippen LogP contribution is -2.32. The van der Waals surface area contributed by atoms with E-state index in [2.05, 4.69) is 25.7 Å². The molecule has 0 aliphatic rings. The standard InChI is InChI=1S/C15H22ClNO2/c1-5-17(9-11(2)3)10-14(18)12-6-7-15(19-4)13(16)8-12/h6-8,11H,5,9-10H2,1-4H3. The van der Waals surface area contributed by atoms with Gasteiger partial charge >= 0.3 is 0 Å². The zero-order valence-electron chi connectivity index (χ0n) is 12.1. The van der Waals surface area contributed by atoms with Gasteiger partial charge in [-0.15, -0.1) is 0 Å². The van der Waals surface area contributed by atoms with E-state index in [1.807, 2.05) is 0 Å². The van der Waals surface area contributed by atoms with Gasteiger partial charge in [-0.3, -0.25) is 9.69 Å². The second kappa shape index (κ2) is 7.51. The molecule has 0 aliphatic carbocycles. The second-order valence-electron chi connectivity index (χ2n) is 4.99. The lowest BCUT2D eigenvalue weighted by atomic mass is 10.1. The van der Waals surface area contributed by atoms with Gasteiger partial charge in [-0.1, -0.05) is 32.4 Å². The van der Waals surface area contributed by atoms with Crippen LogP contribution in [0.2, 0.25) is 5.02 Å². The fourth-order valence-corrected chi connectivity index (χ4v) is 2.21. The highest BCUT2D eigenvalue weighted by Crippen LogP contribution is 2.25. The number of ether oxygens (including phenoxy) is 1. The Morgan fingerprint density at radius 2 is 2.11 bits per heavy atom. The highest BCUT2D eigenvalue weighted by Gasteiger charge is 2.13. The average Bonchev–Trinajstić information content (AvgIpc) is 2.37. The van der Waals surface area contributed by atoms with Gasteiger partial charge in [0, 0.05) is 12.1 Å². The van der Waals surface area contributed by atoms with Crippen LogP contribution in [-0.4, -0.2) is 37.4 Å². The normalized spacial score (nSPS) is 11.1. The molecule has 0 heterocycles. The van der Waals surface area contributed by atoms with Gasteiger partial charge in [0.1, 0.15) is 5.75 Å². The van der Waals surface area contributed by atoms with Crippen molar-refractivity contribution in [1.29, 1.82) is 0 Å². The van der Waals surface area contributed by atoms with Crippen LogP contribution in [0.15, 0.2) is 18.2 Å². The van der Waals surface area contributed by atoms with Crippen molar-refractivity contribution in [3.8, 4) is 5.75 Å². The smallest absolute Gasteiger partial charge is 0.176 e. The van der Waals surface area contributed by atoms with Gasteiger partial charge in [0.15, 0.2) is 5.78 Å². The molecule has 0 aliphatic heterocycles. The first-order valence-electron chi connectivity index (χ1n) is 6.57. The summed E-state index contributed by atoms with van der Waals surface area (Å²) >= 11 is 6.04. The zero-order valence-corrected chi connectivity index (χ0v) is 12.8. The van der Waals surface area contributed by atoms with Crippen molar-refractivity contribution in [2.45, 2.75) is 20.8 Å². The summed E-state index contributed by atoms with van der Waals surface area (Å²) in [6, 6.07) is 5.16. The molecule has 0 unspecified atom stereocenters. The number of halogens is 1. The minimum Gasteiger partial charge on any atom is -0.495 e. The van der Waals surface area contributed by atoms with E-state index in [1.54, 1.807) is 25.3 Å². The largest absolute Gasteiger partial charge is 0.495 e. The number of Topliss-reactive ketones (excluding diaryl/α,β-unsaturated/α-hetero) is 1. The van der Waals surface area contributed by atoms with Crippen LogP contribution < -0.4 is 4.74 Å². The Morgan fingerprint density at radius 3 is 2.58 bits per heavy atom. The summed E-state index contributed by atoms with van der Waals surface area (Å²) in [6.07, 6.45) is 0. The SMILES string of the molecule is CCN(CC(=O)c1ccc(OC)c(Cl)c1)CC(C)C. The maximum atomic E-state index is 12.2. The van der Waals surface area contributed by atoms with Crippen molar-refractivity contribution < 1.29 is 9.53 Å². The molecule has 0 saturated heterocycles. The van der Waals surface area contributed by atoms with Gasteiger partial charge < -0.3 is 4.74 Å². The van der Waals surface area contributed by atoms with E-state index in [0.29, 0.717) is 28.8 Å². The maximum absolute atomic E-state index is 12.2. The van der Waals surface area contributed by atoms with Crippen LogP contribution in [0.5, 0.6) is 5.75 Å². The Kier molecular flexibility index (Phi) is 6.32. The van der Waals surface area contributed by atoms with E-state index in [4.69, 9.17) is 16.3 Å². The van der Waals surface area contributed by atoms with Crippen molar-refractivity contribution in [3.05, 3.63) is 28.8 Å². The first-order chi connectivity index (χ1) is 8.97. The fraction of sp³-hybridized carbons (Fsp3) is 0.533. The maximum Gasteiger partial charge on any atom is 0.176 e. The molecule has 0 spiro atoms. The third-order valence-corrected chi connectivity index (χ3v) is 3.21. The number of methoxy groups -OCH3 is 1. The number of hydrogen-bond acceptors (Lipinski definition) is 3. The molecule has 0 radical (unpaired) electrons. The van der Waals surface area contributed by atoms with E-state index >= 15 is 0 Å². The lowest BCUT2D eigenvalue weighted by molar-refractivity contribution is 0.0926. The molecule has 0 N–H and O–H groups in total. The molecule has 0 aromatic heterocycles. The molecule has 0 fully saturated rings. The number of carbonyl (C=O) groups is 1. The summed E-state index contributed by atoms with van der Waals surface area (Å²) in [5.41, 5.74) is 0.632. The fourth-order valence-electron chi connectivity index (χ4n) is 1.96. The molecule has 1 rings (SSSR count). The third-order valence-electron chi connectivity index (χ3n) is 2.91. The topological polar surface area (TPSA) is 29.5 Å². The summed E-state index contributed by atoms with van der Waals surface area (Å²) in [5.74, 6) is 1.23.